The first kappa shape index (κ1) is 20.5. The maximum atomic E-state index is 12.8. The molecule has 0 aromatic heterocycles. The number of alkyl halides is 3. The Balaban J connectivity index is 2.24. The lowest BCUT2D eigenvalue weighted by atomic mass is 9.89. The Labute approximate surface area is 151 Å². The van der Waals surface area contributed by atoms with Crippen LogP contribution in [0.1, 0.15) is 37.8 Å². The second kappa shape index (κ2) is 7.84. The molecular formula is C18H26F3N3O2. The molecule has 1 aromatic rings. The van der Waals surface area contributed by atoms with Gasteiger partial charge in [-0.3, -0.25) is 0 Å². The van der Waals surface area contributed by atoms with Crippen LogP contribution in [0.3, 0.4) is 0 Å². The summed E-state index contributed by atoms with van der Waals surface area (Å²) in [5, 5.41) is 3.22. The summed E-state index contributed by atoms with van der Waals surface area (Å²) in [4.78, 5) is 14.2. The molecule has 2 rings (SSSR count). The molecule has 5 nitrogen and oxygen atoms in total. The highest BCUT2D eigenvalue weighted by Gasteiger charge is 2.36. The van der Waals surface area contributed by atoms with E-state index < -0.39 is 23.4 Å². The van der Waals surface area contributed by atoms with Crippen molar-refractivity contribution in [2.45, 2.75) is 44.5 Å². The number of carbonyl (C=O) groups excluding carboxylic acids is 1. The van der Waals surface area contributed by atoms with Crippen LogP contribution in [0.15, 0.2) is 24.3 Å². The predicted octanol–water partition coefficient (Wildman–Crippen LogP) is 2.96. The summed E-state index contributed by atoms with van der Waals surface area (Å²) in [6, 6.07) is 4.67. The fourth-order valence-electron chi connectivity index (χ4n) is 3.07. The highest BCUT2D eigenvalue weighted by Crippen LogP contribution is 2.31. The maximum absolute atomic E-state index is 12.8. The van der Waals surface area contributed by atoms with Crippen LogP contribution < -0.4 is 11.1 Å². The predicted molar refractivity (Wildman–Crippen MR) is 92.8 cm³/mol. The van der Waals surface area contributed by atoms with Gasteiger partial charge in [-0.15, -0.1) is 0 Å². The molecule has 1 amide bonds. The summed E-state index contributed by atoms with van der Waals surface area (Å²) < 4.78 is 43.8. The minimum absolute atomic E-state index is 0.205. The van der Waals surface area contributed by atoms with Gasteiger partial charge in [-0.1, -0.05) is 12.1 Å². The summed E-state index contributed by atoms with van der Waals surface area (Å²) in [5.41, 5.74) is 5.26. The quantitative estimate of drug-likeness (QED) is 0.855. The van der Waals surface area contributed by atoms with Gasteiger partial charge in [0, 0.05) is 32.1 Å². The number of nitrogens with one attached hydrogen (secondary N) is 1. The van der Waals surface area contributed by atoms with Gasteiger partial charge in [0.2, 0.25) is 0 Å². The molecule has 1 aliphatic heterocycles. The Kier molecular flexibility index (Phi) is 6.18. The van der Waals surface area contributed by atoms with Crippen molar-refractivity contribution >= 4 is 6.09 Å². The van der Waals surface area contributed by atoms with E-state index in [2.05, 4.69) is 5.32 Å². The Morgan fingerprint density at radius 3 is 2.42 bits per heavy atom. The molecule has 146 valence electrons. The first-order chi connectivity index (χ1) is 12.0. The van der Waals surface area contributed by atoms with E-state index in [0.717, 1.165) is 12.1 Å². The van der Waals surface area contributed by atoms with Gasteiger partial charge in [0.25, 0.3) is 0 Å². The van der Waals surface area contributed by atoms with E-state index >= 15 is 0 Å². The molecule has 1 aromatic carbocycles. The van der Waals surface area contributed by atoms with Gasteiger partial charge in [0.1, 0.15) is 5.60 Å². The minimum Gasteiger partial charge on any atom is -0.444 e. The summed E-state index contributed by atoms with van der Waals surface area (Å²) in [6.45, 7) is 7.16. The monoisotopic (exact) mass is 373 g/mol. The third kappa shape index (κ3) is 5.11. The summed E-state index contributed by atoms with van der Waals surface area (Å²) in [7, 11) is 0. The van der Waals surface area contributed by atoms with Crippen LogP contribution in [0.2, 0.25) is 0 Å². The van der Waals surface area contributed by atoms with Gasteiger partial charge in [-0.2, -0.15) is 13.2 Å². The summed E-state index contributed by atoms with van der Waals surface area (Å²) >= 11 is 0. The number of nitrogens with two attached hydrogens (primary N) is 1. The number of amides is 1. The van der Waals surface area contributed by atoms with E-state index in [-0.39, 0.29) is 18.5 Å². The fourth-order valence-corrected chi connectivity index (χ4v) is 3.07. The average Bonchev–Trinajstić information content (AvgIpc) is 2.54. The highest BCUT2D eigenvalue weighted by atomic mass is 19.4. The van der Waals surface area contributed by atoms with Gasteiger partial charge < -0.3 is 20.7 Å². The largest absolute Gasteiger partial charge is 0.444 e. The summed E-state index contributed by atoms with van der Waals surface area (Å²) in [6.07, 6.45) is -4.82. The van der Waals surface area contributed by atoms with Crippen molar-refractivity contribution in [2.24, 2.45) is 5.73 Å². The number of carbonyl (C=O) groups is 1. The Morgan fingerprint density at radius 2 is 1.92 bits per heavy atom. The lowest BCUT2D eigenvalue weighted by Gasteiger charge is -2.41. The van der Waals surface area contributed by atoms with E-state index in [4.69, 9.17) is 10.5 Å². The van der Waals surface area contributed by atoms with Gasteiger partial charge in [0.15, 0.2) is 0 Å². The first-order valence-corrected chi connectivity index (χ1v) is 8.60. The smallest absolute Gasteiger partial charge is 0.416 e. The van der Waals surface area contributed by atoms with Crippen LogP contribution in [0.4, 0.5) is 18.0 Å². The van der Waals surface area contributed by atoms with E-state index in [9.17, 15) is 18.0 Å². The molecule has 2 atom stereocenters. The second-order valence-electron chi connectivity index (χ2n) is 7.41. The van der Waals surface area contributed by atoms with Crippen molar-refractivity contribution in [3.63, 3.8) is 0 Å². The number of halogens is 3. The lowest BCUT2D eigenvalue weighted by molar-refractivity contribution is -0.137. The van der Waals surface area contributed by atoms with Gasteiger partial charge in [-0.05, 0) is 38.5 Å². The summed E-state index contributed by atoms with van der Waals surface area (Å²) in [5.74, 6) is -0.294. The maximum Gasteiger partial charge on any atom is 0.416 e. The lowest BCUT2D eigenvalue weighted by Crippen LogP contribution is -2.57. The number of nitrogens with zero attached hydrogens (tertiary/aromatic N) is 1. The molecule has 1 aliphatic rings. The normalized spacial score (nSPS) is 20.0. The van der Waals surface area contributed by atoms with Crippen LogP contribution in [-0.4, -0.2) is 48.8 Å². The third-order valence-corrected chi connectivity index (χ3v) is 4.30. The van der Waals surface area contributed by atoms with Gasteiger partial charge in [-0.25, -0.2) is 4.79 Å². The second-order valence-corrected chi connectivity index (χ2v) is 7.41. The zero-order chi connectivity index (χ0) is 19.5. The molecule has 8 heteroatoms. The molecule has 1 saturated heterocycles. The average molecular weight is 373 g/mol. The third-order valence-electron chi connectivity index (χ3n) is 4.30. The zero-order valence-electron chi connectivity index (χ0n) is 15.3. The Bertz CT molecular complexity index is 612. The van der Waals surface area contributed by atoms with E-state index in [1.54, 1.807) is 25.7 Å². The molecule has 26 heavy (non-hydrogen) atoms. The van der Waals surface area contributed by atoms with Crippen LogP contribution in [-0.2, 0) is 10.9 Å². The Hall–Kier alpha value is -1.80. The van der Waals surface area contributed by atoms with E-state index in [1.807, 2.05) is 0 Å². The van der Waals surface area contributed by atoms with Crippen LogP contribution >= 0.6 is 0 Å². The van der Waals surface area contributed by atoms with Crippen molar-refractivity contribution in [2.75, 3.05) is 26.2 Å². The Morgan fingerprint density at radius 1 is 1.31 bits per heavy atom. The molecule has 0 spiro atoms. The topological polar surface area (TPSA) is 67.6 Å². The molecule has 0 radical (unpaired) electrons. The number of piperazine rings is 1. The molecule has 1 heterocycles. The molecule has 0 saturated carbocycles. The van der Waals surface area contributed by atoms with Crippen LogP contribution in [0.25, 0.3) is 0 Å². The molecule has 0 aliphatic carbocycles. The van der Waals surface area contributed by atoms with Crippen molar-refractivity contribution < 1.29 is 22.7 Å². The number of rotatable bonds is 3. The molecular weight excluding hydrogens is 347 g/mol. The standard InChI is InChI=1S/C18H26F3N3O2/c1-17(2,3)26-16(25)24-9-8-23-11-15(24)14(10-22)12-4-6-13(7-5-12)18(19,20)21/h4-7,14-15,23H,8-11,22H2,1-3H3. The van der Waals surface area contributed by atoms with Crippen LogP contribution in [0, 0.1) is 0 Å². The fraction of sp³-hybridized carbons (Fsp3) is 0.611. The minimum atomic E-state index is -4.38. The zero-order valence-corrected chi connectivity index (χ0v) is 15.3. The van der Waals surface area contributed by atoms with Gasteiger partial charge >= 0.3 is 12.3 Å². The van der Waals surface area contributed by atoms with Gasteiger partial charge in [0.05, 0.1) is 11.6 Å². The number of benzene rings is 1. The SMILES string of the molecule is CC(C)(C)OC(=O)N1CCNCC1C(CN)c1ccc(C(F)(F)F)cc1. The van der Waals surface area contributed by atoms with Crippen molar-refractivity contribution in [3.05, 3.63) is 35.4 Å². The number of hydrogen-bond donors (Lipinski definition) is 2. The molecule has 0 bridgehead atoms. The van der Waals surface area contributed by atoms with Crippen molar-refractivity contribution in [1.82, 2.24) is 10.2 Å². The van der Waals surface area contributed by atoms with E-state index in [1.165, 1.54) is 12.1 Å². The highest BCUT2D eigenvalue weighted by molar-refractivity contribution is 5.69. The van der Waals surface area contributed by atoms with Crippen LogP contribution in [0.5, 0.6) is 0 Å². The van der Waals surface area contributed by atoms with Crippen molar-refractivity contribution in [3.8, 4) is 0 Å². The molecule has 3 N–H and O–H groups in total. The van der Waals surface area contributed by atoms with Crippen molar-refractivity contribution in [1.29, 1.82) is 0 Å². The first-order valence-electron chi connectivity index (χ1n) is 8.60. The number of hydrogen-bond acceptors (Lipinski definition) is 4. The number of ether oxygens (including phenoxy) is 1. The van der Waals surface area contributed by atoms with E-state index in [0.29, 0.717) is 25.2 Å². The molecule has 1 fully saturated rings. The molecule has 2 unspecified atom stereocenters.